The minimum atomic E-state index is -0.0997. The topological polar surface area (TPSA) is 29.5 Å². The summed E-state index contributed by atoms with van der Waals surface area (Å²) < 4.78 is 5.18. The van der Waals surface area contributed by atoms with Gasteiger partial charge in [-0.3, -0.25) is 4.79 Å². The van der Waals surface area contributed by atoms with Gasteiger partial charge in [-0.1, -0.05) is 0 Å². The van der Waals surface area contributed by atoms with Crippen molar-refractivity contribution in [1.29, 1.82) is 0 Å². The lowest BCUT2D eigenvalue weighted by Gasteiger charge is -2.37. The molecule has 1 rings (SSSR count). The van der Waals surface area contributed by atoms with Crippen molar-refractivity contribution < 1.29 is 9.53 Å². The van der Waals surface area contributed by atoms with Crippen LogP contribution in [-0.2, 0) is 9.53 Å². The zero-order valence-electron chi connectivity index (χ0n) is 7.39. The number of carbonyl (C=O) groups is 1. The lowest BCUT2D eigenvalue weighted by Crippen LogP contribution is -2.49. The highest BCUT2D eigenvalue weighted by Crippen LogP contribution is 2.17. The summed E-state index contributed by atoms with van der Waals surface area (Å²) in [6, 6.07) is 0. The number of ether oxygens (including phenoxy) is 1. The second-order valence-electron chi connectivity index (χ2n) is 3.78. The van der Waals surface area contributed by atoms with E-state index in [9.17, 15) is 4.79 Å². The molecule has 1 fully saturated rings. The molecule has 0 aromatic heterocycles. The van der Waals surface area contributed by atoms with Gasteiger partial charge in [-0.25, -0.2) is 0 Å². The van der Waals surface area contributed by atoms with Crippen molar-refractivity contribution in [2.45, 2.75) is 32.7 Å². The summed E-state index contributed by atoms with van der Waals surface area (Å²) in [7, 11) is 0. The number of hydrogen-bond donors (Lipinski definition) is 0. The third-order valence-electron chi connectivity index (χ3n) is 1.79. The summed E-state index contributed by atoms with van der Waals surface area (Å²) in [5.41, 5.74) is -0.0997. The van der Waals surface area contributed by atoms with Crippen LogP contribution in [0.5, 0.6) is 0 Å². The predicted octanol–water partition coefficient (Wildman–Crippen LogP) is 0.991. The van der Waals surface area contributed by atoms with Crippen LogP contribution in [-0.4, -0.2) is 29.7 Å². The van der Waals surface area contributed by atoms with Crippen LogP contribution in [0.2, 0.25) is 0 Å². The van der Waals surface area contributed by atoms with Crippen molar-refractivity contribution in [1.82, 2.24) is 4.90 Å². The highest BCUT2D eigenvalue weighted by Gasteiger charge is 2.28. The van der Waals surface area contributed by atoms with Crippen molar-refractivity contribution in [2.24, 2.45) is 0 Å². The summed E-state index contributed by atoms with van der Waals surface area (Å²) in [4.78, 5) is 13.0. The molecule has 1 amide bonds. The number of hydrogen-bond acceptors (Lipinski definition) is 2. The van der Waals surface area contributed by atoms with Gasteiger partial charge < -0.3 is 9.64 Å². The van der Waals surface area contributed by atoms with Crippen molar-refractivity contribution >= 4 is 5.91 Å². The van der Waals surface area contributed by atoms with Crippen LogP contribution in [0.4, 0.5) is 0 Å². The van der Waals surface area contributed by atoms with E-state index in [1.807, 2.05) is 20.8 Å². The average molecular weight is 157 g/mol. The Labute approximate surface area is 67.3 Å². The molecule has 3 nitrogen and oxygen atoms in total. The third-order valence-corrected chi connectivity index (χ3v) is 1.79. The number of nitrogens with zero attached hydrogens (tertiary/aromatic N) is 1. The van der Waals surface area contributed by atoms with Crippen molar-refractivity contribution in [3.8, 4) is 0 Å². The van der Waals surface area contributed by atoms with Crippen LogP contribution in [0.25, 0.3) is 0 Å². The molecule has 0 saturated carbocycles. The monoisotopic (exact) mass is 157 g/mol. The molecule has 1 heterocycles. The Balaban J connectivity index is 2.62. The maximum absolute atomic E-state index is 11.3. The van der Waals surface area contributed by atoms with Gasteiger partial charge in [0.2, 0.25) is 5.91 Å². The molecule has 64 valence electrons. The molecule has 1 aliphatic heterocycles. The van der Waals surface area contributed by atoms with Gasteiger partial charge in [0, 0.05) is 5.54 Å². The highest BCUT2D eigenvalue weighted by molar-refractivity contribution is 5.77. The number of carbonyl (C=O) groups excluding carboxylic acids is 1. The summed E-state index contributed by atoms with van der Waals surface area (Å²) in [6.07, 6.45) is 0.525. The minimum Gasteiger partial charge on any atom is -0.360 e. The molecule has 0 aromatic carbocycles. The molecule has 3 heteroatoms. The summed E-state index contributed by atoms with van der Waals surface area (Å²) >= 11 is 0. The first-order valence-corrected chi connectivity index (χ1v) is 3.90. The lowest BCUT2D eigenvalue weighted by molar-refractivity contribution is -0.153. The Morgan fingerprint density at radius 2 is 2.09 bits per heavy atom. The first kappa shape index (κ1) is 8.53. The molecule has 0 radical (unpaired) electrons. The van der Waals surface area contributed by atoms with Gasteiger partial charge in [-0.15, -0.1) is 0 Å². The highest BCUT2D eigenvalue weighted by atomic mass is 16.5. The van der Waals surface area contributed by atoms with Crippen LogP contribution in [0.15, 0.2) is 0 Å². The molecule has 0 aliphatic carbocycles. The van der Waals surface area contributed by atoms with E-state index in [1.165, 1.54) is 0 Å². The fourth-order valence-electron chi connectivity index (χ4n) is 1.09. The van der Waals surface area contributed by atoms with Crippen molar-refractivity contribution in [3.63, 3.8) is 0 Å². The second kappa shape index (κ2) is 2.81. The first-order valence-electron chi connectivity index (χ1n) is 3.90. The number of rotatable bonds is 0. The zero-order valence-corrected chi connectivity index (χ0v) is 7.39. The van der Waals surface area contributed by atoms with Crippen LogP contribution in [0.1, 0.15) is 27.2 Å². The van der Waals surface area contributed by atoms with E-state index >= 15 is 0 Å². The molecule has 0 aromatic rings. The molecular weight excluding hydrogens is 142 g/mol. The average Bonchev–Trinajstić information content (AvgIpc) is 1.86. The van der Waals surface area contributed by atoms with Gasteiger partial charge >= 0.3 is 0 Å². The van der Waals surface area contributed by atoms with E-state index in [0.29, 0.717) is 19.8 Å². The smallest absolute Gasteiger partial charge is 0.227 e. The van der Waals surface area contributed by atoms with Crippen molar-refractivity contribution in [2.75, 3.05) is 13.3 Å². The van der Waals surface area contributed by atoms with Gasteiger partial charge in [0.05, 0.1) is 13.0 Å². The van der Waals surface area contributed by atoms with Gasteiger partial charge in [-0.05, 0) is 20.8 Å². The first-order chi connectivity index (χ1) is 5.02. The summed E-state index contributed by atoms with van der Waals surface area (Å²) in [6.45, 7) is 7.06. The van der Waals surface area contributed by atoms with E-state index in [2.05, 4.69) is 0 Å². The number of amides is 1. The van der Waals surface area contributed by atoms with Gasteiger partial charge in [0.1, 0.15) is 6.73 Å². The lowest BCUT2D eigenvalue weighted by atomic mass is 10.1. The Morgan fingerprint density at radius 3 is 2.45 bits per heavy atom. The van der Waals surface area contributed by atoms with Gasteiger partial charge in [0.15, 0.2) is 0 Å². The summed E-state index contributed by atoms with van der Waals surface area (Å²) in [5.74, 6) is 0.198. The molecular formula is C8H15NO2. The van der Waals surface area contributed by atoms with E-state index in [4.69, 9.17) is 4.74 Å². The molecule has 0 bridgehead atoms. The Hall–Kier alpha value is -0.570. The second-order valence-corrected chi connectivity index (χ2v) is 3.78. The van der Waals surface area contributed by atoms with E-state index < -0.39 is 0 Å². The molecule has 0 N–H and O–H groups in total. The zero-order chi connectivity index (χ0) is 8.48. The fraction of sp³-hybridized carbons (Fsp3) is 0.875. The van der Waals surface area contributed by atoms with Crippen LogP contribution in [0.3, 0.4) is 0 Å². The molecule has 0 spiro atoms. The maximum Gasteiger partial charge on any atom is 0.227 e. The summed E-state index contributed by atoms with van der Waals surface area (Å²) in [5, 5.41) is 0. The molecule has 1 aliphatic rings. The van der Waals surface area contributed by atoms with E-state index in [-0.39, 0.29) is 11.4 Å². The molecule has 0 atom stereocenters. The largest absolute Gasteiger partial charge is 0.360 e. The molecule has 0 unspecified atom stereocenters. The minimum absolute atomic E-state index is 0.0997. The van der Waals surface area contributed by atoms with Gasteiger partial charge in [-0.2, -0.15) is 0 Å². The third kappa shape index (κ3) is 1.93. The Bertz CT molecular complexity index is 160. The normalized spacial score (nSPS) is 20.6. The van der Waals surface area contributed by atoms with Gasteiger partial charge in [0.25, 0.3) is 0 Å². The quantitative estimate of drug-likeness (QED) is 0.525. The Kier molecular flexibility index (Phi) is 2.18. The molecule has 1 saturated heterocycles. The maximum atomic E-state index is 11.3. The molecule has 11 heavy (non-hydrogen) atoms. The van der Waals surface area contributed by atoms with Crippen LogP contribution in [0, 0.1) is 0 Å². The SMILES string of the molecule is CC(C)(C)N1COCCC1=O. The Morgan fingerprint density at radius 1 is 1.45 bits per heavy atom. The van der Waals surface area contributed by atoms with Crippen molar-refractivity contribution in [3.05, 3.63) is 0 Å². The predicted molar refractivity (Wildman–Crippen MR) is 42.0 cm³/mol. The van der Waals surface area contributed by atoms with E-state index in [1.54, 1.807) is 4.90 Å². The fourth-order valence-corrected chi connectivity index (χ4v) is 1.09. The standard InChI is InChI=1S/C8H15NO2/c1-8(2,3)9-6-11-5-4-7(9)10/h4-6H2,1-3H3. The van der Waals surface area contributed by atoms with Crippen LogP contribution >= 0.6 is 0 Å². The van der Waals surface area contributed by atoms with Crippen LogP contribution < -0.4 is 0 Å². The van der Waals surface area contributed by atoms with E-state index in [0.717, 1.165) is 0 Å².